The average molecular weight is 610 g/mol. The summed E-state index contributed by atoms with van der Waals surface area (Å²) in [5.74, 6) is 0.414. The number of hydrogen-bond donors (Lipinski definition) is 0. The zero-order chi connectivity index (χ0) is 29.8. The van der Waals surface area contributed by atoms with E-state index in [2.05, 4.69) is 192 Å². The minimum atomic E-state index is -2.78. The molecule has 1 aliphatic heterocycles. The minimum absolute atomic E-state index is 0.414. The first-order chi connectivity index (χ1) is 22.3. The Morgan fingerprint density at radius 3 is 1.78 bits per heavy atom. The standard InChI is InChI=1S/C42H31NSSi/c1-3-16-31(17-4-1)45(32-18-5-2-6-19-32,41-28-14-24-37-36-23-9-12-27-40(36)44-42(37)41)33-20-13-15-30(29-33)43-38-25-10-7-21-34(38)35-22-8-11-26-39(35)43/h1-29,36,40H. The summed E-state index contributed by atoms with van der Waals surface area (Å²) in [6.07, 6.45) is 9.21. The fraction of sp³-hybridized carbons (Fsp3) is 0.0476. The van der Waals surface area contributed by atoms with Crippen LogP contribution < -0.4 is 20.7 Å². The summed E-state index contributed by atoms with van der Waals surface area (Å²) in [5, 5.41) is 8.71. The quantitative estimate of drug-likeness (QED) is 0.142. The first kappa shape index (κ1) is 26.6. The highest BCUT2D eigenvalue weighted by molar-refractivity contribution is 8.00. The summed E-state index contributed by atoms with van der Waals surface area (Å²) in [4.78, 5) is 1.46. The zero-order valence-corrected chi connectivity index (χ0v) is 26.6. The number of allylic oxidation sites excluding steroid dienone is 3. The predicted molar refractivity (Wildman–Crippen MR) is 195 cm³/mol. The first-order valence-electron chi connectivity index (χ1n) is 15.7. The summed E-state index contributed by atoms with van der Waals surface area (Å²) in [7, 11) is -2.78. The molecule has 45 heavy (non-hydrogen) atoms. The van der Waals surface area contributed by atoms with Crippen molar-refractivity contribution in [3.8, 4) is 5.69 Å². The van der Waals surface area contributed by atoms with Crippen LogP contribution in [0.25, 0.3) is 27.5 Å². The van der Waals surface area contributed by atoms with Crippen molar-refractivity contribution in [3.05, 3.63) is 182 Å². The third kappa shape index (κ3) is 4.01. The monoisotopic (exact) mass is 609 g/mol. The van der Waals surface area contributed by atoms with E-state index in [4.69, 9.17) is 0 Å². The van der Waals surface area contributed by atoms with Gasteiger partial charge in [0.2, 0.25) is 0 Å². The van der Waals surface area contributed by atoms with Gasteiger partial charge in [-0.25, -0.2) is 0 Å². The molecule has 2 heterocycles. The highest BCUT2D eigenvalue weighted by Crippen LogP contribution is 2.47. The molecule has 0 saturated carbocycles. The second-order valence-corrected chi connectivity index (χ2v) is 17.0. The van der Waals surface area contributed by atoms with Gasteiger partial charge in [-0.2, -0.15) is 0 Å². The van der Waals surface area contributed by atoms with E-state index in [1.165, 1.54) is 58.7 Å². The molecule has 1 aromatic heterocycles. The van der Waals surface area contributed by atoms with E-state index in [0.717, 1.165) is 0 Å². The van der Waals surface area contributed by atoms with Crippen LogP contribution in [0.4, 0.5) is 0 Å². The SMILES string of the molecule is C1=CC2Sc3c(cccc3[Si](c3ccccc3)(c3ccccc3)c3cccc(-n4c5ccccc5c5ccccc54)c3)C2C=C1. The smallest absolute Gasteiger partial charge is 0.180 e. The Labute approximate surface area is 269 Å². The van der Waals surface area contributed by atoms with Gasteiger partial charge in [0.15, 0.2) is 8.07 Å². The second-order valence-electron chi connectivity index (χ2n) is 12.0. The van der Waals surface area contributed by atoms with E-state index in [1.54, 1.807) is 0 Å². The van der Waals surface area contributed by atoms with Crippen LogP contribution in [-0.4, -0.2) is 17.9 Å². The molecule has 0 radical (unpaired) electrons. The van der Waals surface area contributed by atoms with Crippen molar-refractivity contribution in [1.29, 1.82) is 0 Å². The summed E-state index contributed by atoms with van der Waals surface area (Å²) in [6, 6.07) is 56.9. The molecule has 7 aromatic rings. The number of fused-ring (bicyclic) bond motifs is 6. The number of thioether (sulfide) groups is 1. The minimum Gasteiger partial charge on any atom is -0.309 e. The third-order valence-electron chi connectivity index (χ3n) is 9.68. The van der Waals surface area contributed by atoms with Gasteiger partial charge in [0.1, 0.15) is 0 Å². The van der Waals surface area contributed by atoms with Crippen LogP contribution in [0, 0.1) is 0 Å². The van der Waals surface area contributed by atoms with Crippen molar-refractivity contribution in [1.82, 2.24) is 4.57 Å². The molecule has 1 nitrogen and oxygen atoms in total. The number of rotatable bonds is 5. The number of para-hydroxylation sites is 2. The summed E-state index contributed by atoms with van der Waals surface area (Å²) in [5.41, 5.74) is 5.14. The van der Waals surface area contributed by atoms with Crippen LogP contribution in [0.3, 0.4) is 0 Å². The molecule has 0 saturated heterocycles. The van der Waals surface area contributed by atoms with Crippen LogP contribution in [0.1, 0.15) is 11.5 Å². The number of hydrogen-bond acceptors (Lipinski definition) is 1. The Morgan fingerprint density at radius 2 is 1.09 bits per heavy atom. The van der Waals surface area contributed by atoms with Crippen LogP contribution in [0.5, 0.6) is 0 Å². The summed E-state index contributed by atoms with van der Waals surface area (Å²) in [6.45, 7) is 0. The van der Waals surface area contributed by atoms with E-state index in [1.807, 2.05) is 0 Å². The summed E-state index contributed by atoms with van der Waals surface area (Å²) >= 11 is 2.05. The maximum atomic E-state index is 2.50. The highest BCUT2D eigenvalue weighted by Gasteiger charge is 2.46. The largest absolute Gasteiger partial charge is 0.309 e. The molecule has 0 N–H and O–H groups in total. The molecule has 214 valence electrons. The van der Waals surface area contributed by atoms with Gasteiger partial charge in [-0.3, -0.25) is 0 Å². The van der Waals surface area contributed by atoms with Gasteiger partial charge < -0.3 is 4.57 Å². The maximum Gasteiger partial charge on any atom is 0.180 e. The van der Waals surface area contributed by atoms with Crippen LogP contribution in [0.2, 0.25) is 0 Å². The van der Waals surface area contributed by atoms with Gasteiger partial charge in [0.05, 0.1) is 11.0 Å². The molecule has 6 aromatic carbocycles. The van der Waals surface area contributed by atoms with Crippen LogP contribution in [-0.2, 0) is 0 Å². The molecule has 1 aliphatic carbocycles. The normalized spacial score (nSPS) is 17.1. The van der Waals surface area contributed by atoms with E-state index in [0.29, 0.717) is 11.2 Å². The molecule has 0 bridgehead atoms. The Kier molecular flexibility index (Phi) is 6.29. The lowest BCUT2D eigenvalue weighted by molar-refractivity contribution is 0.882. The van der Waals surface area contributed by atoms with Gasteiger partial charge in [-0.05, 0) is 50.6 Å². The van der Waals surface area contributed by atoms with Crippen molar-refractivity contribution in [3.63, 3.8) is 0 Å². The van der Waals surface area contributed by atoms with Gasteiger partial charge >= 0.3 is 0 Å². The summed E-state index contributed by atoms with van der Waals surface area (Å²) < 4.78 is 2.46. The Balaban J connectivity index is 1.38. The second kappa shape index (κ2) is 10.7. The number of aromatic nitrogens is 1. The molecule has 3 heteroatoms. The fourth-order valence-electron chi connectivity index (χ4n) is 7.78. The average Bonchev–Trinajstić information content (AvgIpc) is 3.66. The first-order valence-corrected chi connectivity index (χ1v) is 18.6. The molecule has 9 rings (SSSR count). The van der Waals surface area contributed by atoms with Gasteiger partial charge in [0.25, 0.3) is 0 Å². The molecular formula is C42H31NSSi. The molecule has 0 fully saturated rings. The van der Waals surface area contributed by atoms with Crippen molar-refractivity contribution < 1.29 is 0 Å². The predicted octanol–water partition coefficient (Wildman–Crippen LogP) is 7.85. The fourth-order valence-corrected chi connectivity index (χ4v) is 14.6. The van der Waals surface area contributed by atoms with E-state index < -0.39 is 8.07 Å². The van der Waals surface area contributed by atoms with Crippen molar-refractivity contribution in [2.24, 2.45) is 0 Å². The zero-order valence-electron chi connectivity index (χ0n) is 24.8. The van der Waals surface area contributed by atoms with Gasteiger partial charge in [-0.15, -0.1) is 11.8 Å². The molecule has 0 amide bonds. The maximum absolute atomic E-state index is 2.78. The molecule has 0 spiro atoms. The van der Waals surface area contributed by atoms with Gasteiger partial charge in [0, 0.05) is 32.5 Å². The lowest BCUT2D eigenvalue weighted by Gasteiger charge is -2.36. The van der Waals surface area contributed by atoms with E-state index in [-0.39, 0.29) is 0 Å². The topological polar surface area (TPSA) is 4.93 Å². The van der Waals surface area contributed by atoms with Crippen molar-refractivity contribution >= 4 is 62.4 Å². The van der Waals surface area contributed by atoms with E-state index >= 15 is 0 Å². The lowest BCUT2D eigenvalue weighted by atomic mass is 9.93. The van der Waals surface area contributed by atoms with Gasteiger partial charge in [-0.1, -0.05) is 152 Å². The lowest BCUT2D eigenvalue weighted by Crippen LogP contribution is -2.75. The molecule has 2 atom stereocenters. The molecule has 2 aliphatic rings. The van der Waals surface area contributed by atoms with Crippen molar-refractivity contribution in [2.45, 2.75) is 16.1 Å². The van der Waals surface area contributed by atoms with Crippen LogP contribution in [0.15, 0.2) is 181 Å². The Bertz CT molecular complexity index is 2170. The Morgan fingerprint density at radius 1 is 0.511 bits per heavy atom. The van der Waals surface area contributed by atoms with Crippen LogP contribution >= 0.6 is 11.8 Å². The Hall–Kier alpha value is -4.83. The molecule has 2 unspecified atom stereocenters. The van der Waals surface area contributed by atoms with Crippen molar-refractivity contribution in [2.75, 3.05) is 0 Å². The molecular weight excluding hydrogens is 579 g/mol. The third-order valence-corrected chi connectivity index (χ3v) is 16.1. The number of nitrogens with zero attached hydrogens (tertiary/aromatic N) is 1. The number of benzene rings is 6. The van der Waals surface area contributed by atoms with E-state index in [9.17, 15) is 0 Å². The highest BCUT2D eigenvalue weighted by atomic mass is 32.2.